The molecule has 12 heteroatoms. The number of sulfonamides is 1. The van der Waals surface area contributed by atoms with Crippen molar-refractivity contribution >= 4 is 39.1 Å². The molecule has 2 aliphatic heterocycles. The van der Waals surface area contributed by atoms with E-state index in [1.54, 1.807) is 0 Å². The van der Waals surface area contributed by atoms with Gasteiger partial charge in [-0.15, -0.1) is 5.10 Å². The predicted molar refractivity (Wildman–Crippen MR) is 143 cm³/mol. The first-order valence-corrected chi connectivity index (χ1v) is 14.7. The first kappa shape index (κ1) is 25.4. The first-order valence-electron chi connectivity index (χ1n) is 12.5. The molecule has 2 aromatic carbocycles. The van der Waals surface area contributed by atoms with Gasteiger partial charge in [-0.3, -0.25) is 9.10 Å². The minimum Gasteiger partial charge on any atom is -0.329 e. The molecule has 0 unspecified atom stereocenters. The smallest absolute Gasteiger partial charge is 0.264 e. The van der Waals surface area contributed by atoms with Gasteiger partial charge in [-0.2, -0.15) is 0 Å². The third-order valence-electron chi connectivity index (χ3n) is 7.50. The van der Waals surface area contributed by atoms with Gasteiger partial charge in [-0.05, 0) is 72.7 Å². The zero-order valence-electron chi connectivity index (χ0n) is 20.4. The van der Waals surface area contributed by atoms with E-state index in [2.05, 4.69) is 33.1 Å². The average molecular weight is 574 g/mol. The van der Waals surface area contributed by atoms with E-state index in [0.717, 1.165) is 43.1 Å². The molecule has 9 nitrogen and oxygen atoms in total. The maximum Gasteiger partial charge on any atom is 0.264 e. The molecule has 2 N–H and O–H groups in total. The van der Waals surface area contributed by atoms with Gasteiger partial charge in [0.15, 0.2) is 0 Å². The van der Waals surface area contributed by atoms with E-state index in [1.807, 2.05) is 10.9 Å². The zero-order valence-corrected chi connectivity index (χ0v) is 22.7. The van der Waals surface area contributed by atoms with Crippen molar-refractivity contribution in [2.45, 2.75) is 55.6 Å². The molecule has 38 heavy (non-hydrogen) atoms. The lowest BCUT2D eigenvalue weighted by molar-refractivity contribution is -0.124. The second-order valence-corrected chi connectivity index (χ2v) is 12.4. The average Bonchev–Trinajstić information content (AvgIpc) is 3.39. The number of halogens is 2. The molecular weight excluding hydrogens is 547 g/mol. The molecule has 198 valence electrons. The summed E-state index contributed by atoms with van der Waals surface area (Å²) < 4.78 is 29.8. The third kappa shape index (κ3) is 4.49. The molecule has 2 atom stereocenters. The molecule has 3 aliphatic rings. The van der Waals surface area contributed by atoms with Crippen molar-refractivity contribution in [3.63, 3.8) is 0 Å². The molecule has 0 bridgehead atoms. The van der Waals surface area contributed by atoms with E-state index < -0.39 is 22.0 Å². The van der Waals surface area contributed by atoms with Gasteiger partial charge >= 0.3 is 0 Å². The van der Waals surface area contributed by atoms with Gasteiger partial charge in [0, 0.05) is 31.6 Å². The molecule has 1 amide bonds. The minimum atomic E-state index is -4.08. The molecule has 0 fully saturated rings. The number of carbonyl (C=O) groups is 1. The van der Waals surface area contributed by atoms with Crippen LogP contribution in [-0.4, -0.2) is 46.2 Å². The maximum absolute atomic E-state index is 13.5. The van der Waals surface area contributed by atoms with Crippen LogP contribution in [-0.2, 0) is 40.6 Å². The Kier molecular flexibility index (Phi) is 6.67. The van der Waals surface area contributed by atoms with Crippen LogP contribution in [0, 0.1) is 0 Å². The molecule has 6 rings (SSSR count). The Bertz CT molecular complexity index is 1550. The first-order chi connectivity index (χ1) is 18.3. The second-order valence-electron chi connectivity index (χ2n) is 9.75. The number of carbonyl (C=O) groups excluding carboxylic acids is 1. The largest absolute Gasteiger partial charge is 0.329 e. The van der Waals surface area contributed by atoms with Crippen molar-refractivity contribution in [1.82, 2.24) is 29.9 Å². The van der Waals surface area contributed by atoms with Crippen molar-refractivity contribution < 1.29 is 13.2 Å². The summed E-state index contributed by atoms with van der Waals surface area (Å²) in [5.74, 6) is -0.450. The van der Waals surface area contributed by atoms with Gasteiger partial charge in [0.25, 0.3) is 10.0 Å². The summed E-state index contributed by atoms with van der Waals surface area (Å²) in [4.78, 5) is 12.8. The molecular formula is C26H26Cl2N6O3S. The van der Waals surface area contributed by atoms with Crippen LogP contribution in [0.25, 0.3) is 0 Å². The molecule has 3 aromatic rings. The van der Waals surface area contributed by atoms with Crippen molar-refractivity contribution in [1.29, 1.82) is 0 Å². The SMILES string of the molecule is O=C1NC=CN(S(=O)(=O)c2ccc(Cl)c(Cl)c2)[C@@H]1Cc1cn([C@@H]2CCCc3c2ccc2c3CCNC2)nn1. The number of rotatable bonds is 5. The fraction of sp³-hybridized carbons (Fsp3) is 0.346. The minimum absolute atomic E-state index is 0.0521. The maximum atomic E-state index is 13.5. The fourth-order valence-electron chi connectivity index (χ4n) is 5.64. The van der Waals surface area contributed by atoms with Crippen LogP contribution >= 0.6 is 23.2 Å². The highest BCUT2D eigenvalue weighted by molar-refractivity contribution is 7.89. The number of fused-ring (bicyclic) bond motifs is 3. The van der Waals surface area contributed by atoms with E-state index in [0.29, 0.717) is 5.69 Å². The van der Waals surface area contributed by atoms with Crippen molar-refractivity contribution in [2.75, 3.05) is 6.54 Å². The Morgan fingerprint density at radius 1 is 1.08 bits per heavy atom. The molecule has 1 aliphatic carbocycles. The Hall–Kier alpha value is -2.92. The van der Waals surface area contributed by atoms with Gasteiger partial charge in [0.05, 0.1) is 26.7 Å². The Morgan fingerprint density at radius 2 is 1.95 bits per heavy atom. The summed E-state index contributed by atoms with van der Waals surface area (Å²) in [6.07, 6.45) is 8.62. The normalized spacial score (nSPS) is 21.1. The monoisotopic (exact) mass is 572 g/mol. The Morgan fingerprint density at radius 3 is 2.79 bits per heavy atom. The number of amides is 1. The number of nitrogens with zero attached hydrogens (tertiary/aromatic N) is 4. The van der Waals surface area contributed by atoms with Crippen LogP contribution in [0.4, 0.5) is 0 Å². The Labute approximate surface area is 230 Å². The number of nitrogens with one attached hydrogen (secondary N) is 2. The number of hydrogen-bond donors (Lipinski definition) is 2. The molecule has 0 saturated carbocycles. The number of benzene rings is 2. The van der Waals surface area contributed by atoms with Gasteiger partial charge in [0.1, 0.15) is 6.04 Å². The summed E-state index contributed by atoms with van der Waals surface area (Å²) in [6.45, 7) is 1.89. The van der Waals surface area contributed by atoms with E-state index >= 15 is 0 Å². The summed E-state index contributed by atoms with van der Waals surface area (Å²) in [5, 5.41) is 15.2. The molecule has 0 radical (unpaired) electrons. The standard InChI is InChI=1S/C26H26Cl2N6O3S/c27-22-7-5-18(13-23(22)28)38(36,37)34-11-10-30-26(35)25(34)12-17-15-33(32-31-17)24-3-1-2-20-19-8-9-29-14-16(19)4-6-21(20)24/h4-7,10-11,13,15,24-25,29H,1-3,8-9,12,14H2,(H,30,35)/t24-,25-/m1/s1. The lowest BCUT2D eigenvalue weighted by Gasteiger charge is -2.31. The van der Waals surface area contributed by atoms with E-state index in [9.17, 15) is 13.2 Å². The van der Waals surface area contributed by atoms with Crippen molar-refractivity contribution in [3.8, 4) is 0 Å². The highest BCUT2D eigenvalue weighted by Gasteiger charge is 2.37. The van der Waals surface area contributed by atoms with E-state index in [1.165, 1.54) is 52.9 Å². The van der Waals surface area contributed by atoms with E-state index in [4.69, 9.17) is 23.2 Å². The third-order valence-corrected chi connectivity index (χ3v) is 10.0. The van der Waals surface area contributed by atoms with Crippen molar-refractivity contribution in [3.05, 3.63) is 86.9 Å². The fourth-order valence-corrected chi connectivity index (χ4v) is 7.48. The van der Waals surface area contributed by atoms with Gasteiger partial charge < -0.3 is 10.6 Å². The van der Waals surface area contributed by atoms with Crippen LogP contribution in [0.5, 0.6) is 0 Å². The Balaban J connectivity index is 1.28. The zero-order chi connectivity index (χ0) is 26.4. The van der Waals surface area contributed by atoms with Gasteiger partial charge in [0.2, 0.25) is 5.91 Å². The summed E-state index contributed by atoms with van der Waals surface area (Å²) in [5.41, 5.74) is 6.06. The second kappa shape index (κ2) is 10.00. The van der Waals surface area contributed by atoms with Gasteiger partial charge in [-0.25, -0.2) is 13.1 Å². The predicted octanol–water partition coefficient (Wildman–Crippen LogP) is 3.36. The quantitative estimate of drug-likeness (QED) is 0.485. The molecule has 0 spiro atoms. The van der Waals surface area contributed by atoms with Crippen LogP contribution in [0.15, 0.2) is 53.8 Å². The summed E-state index contributed by atoms with van der Waals surface area (Å²) >= 11 is 12.0. The highest BCUT2D eigenvalue weighted by Crippen LogP contribution is 2.36. The van der Waals surface area contributed by atoms with Crippen LogP contribution < -0.4 is 10.6 Å². The molecule has 1 aromatic heterocycles. The number of hydrogen-bond acceptors (Lipinski definition) is 6. The topological polar surface area (TPSA) is 109 Å². The lowest BCUT2D eigenvalue weighted by Crippen LogP contribution is -2.50. The molecule has 0 saturated heterocycles. The summed E-state index contributed by atoms with van der Waals surface area (Å²) in [6, 6.07) is 7.49. The lowest BCUT2D eigenvalue weighted by atomic mass is 9.81. The van der Waals surface area contributed by atoms with E-state index in [-0.39, 0.29) is 27.4 Å². The van der Waals surface area contributed by atoms with Crippen LogP contribution in [0.2, 0.25) is 10.0 Å². The van der Waals surface area contributed by atoms with Crippen LogP contribution in [0.3, 0.4) is 0 Å². The van der Waals surface area contributed by atoms with Crippen molar-refractivity contribution in [2.24, 2.45) is 0 Å². The summed E-state index contributed by atoms with van der Waals surface area (Å²) in [7, 11) is -4.08. The van der Waals surface area contributed by atoms with Crippen LogP contribution in [0.1, 0.15) is 46.8 Å². The van der Waals surface area contributed by atoms with Gasteiger partial charge in [-0.1, -0.05) is 40.5 Å². The highest BCUT2D eigenvalue weighted by atomic mass is 35.5. The number of aromatic nitrogens is 3. The molecule has 3 heterocycles.